The maximum Gasteiger partial charge on any atom is 0.122 e. The second-order valence-electron chi connectivity index (χ2n) is 3.92. The summed E-state index contributed by atoms with van der Waals surface area (Å²) in [5.74, 6) is 1.54. The number of methoxy groups -OCH3 is 2. The largest absolute Gasteiger partial charge is 0.497 e. The lowest BCUT2D eigenvalue weighted by atomic mass is 10.0. The molecule has 0 fully saturated rings. The fourth-order valence-corrected chi connectivity index (χ4v) is 1.96. The topological polar surface area (TPSA) is 43.6 Å². The minimum absolute atomic E-state index is 0.0488. The van der Waals surface area contributed by atoms with Crippen molar-refractivity contribution in [2.24, 2.45) is 0 Å². The molecule has 4 heteroatoms. The molecule has 0 saturated heterocycles. The fraction of sp³-hybridized carbons (Fsp3) is 0.286. The third-order valence-corrected chi connectivity index (χ3v) is 2.87. The molecule has 2 aromatic rings. The molecule has 1 aromatic carbocycles. The summed E-state index contributed by atoms with van der Waals surface area (Å²) in [5.41, 5.74) is 2.13. The molecule has 1 unspecified atom stereocenters. The van der Waals surface area contributed by atoms with Gasteiger partial charge in [0, 0.05) is 11.6 Å². The van der Waals surface area contributed by atoms with E-state index in [1.165, 1.54) is 0 Å². The molecule has 2 rings (SSSR count). The number of rotatable bonds is 5. The number of hydrogen-bond acceptors (Lipinski definition) is 4. The summed E-state index contributed by atoms with van der Waals surface area (Å²) in [6, 6.07) is 7.80. The van der Waals surface area contributed by atoms with Crippen LogP contribution in [-0.2, 0) is 0 Å². The highest BCUT2D eigenvalue weighted by molar-refractivity contribution is 5.42. The number of benzene rings is 1. The quantitative estimate of drug-likeness (QED) is 0.882. The first-order valence-corrected chi connectivity index (χ1v) is 5.70. The first kappa shape index (κ1) is 12.5. The Kier molecular flexibility index (Phi) is 3.89. The van der Waals surface area contributed by atoms with Crippen molar-refractivity contribution in [2.45, 2.75) is 6.04 Å². The van der Waals surface area contributed by atoms with Gasteiger partial charge in [-0.05, 0) is 30.8 Å². The zero-order valence-electron chi connectivity index (χ0n) is 10.8. The molecule has 1 N–H and O–H groups in total. The lowest BCUT2D eigenvalue weighted by molar-refractivity contribution is 0.392. The van der Waals surface area contributed by atoms with Crippen molar-refractivity contribution in [2.75, 3.05) is 21.3 Å². The van der Waals surface area contributed by atoms with E-state index >= 15 is 0 Å². The van der Waals surface area contributed by atoms with Crippen LogP contribution < -0.4 is 14.8 Å². The first-order chi connectivity index (χ1) is 8.78. The average molecular weight is 247 g/mol. The van der Waals surface area contributed by atoms with Gasteiger partial charge in [-0.2, -0.15) is 0 Å². The molecule has 0 radical (unpaired) electrons. The predicted octanol–water partition coefficient (Wildman–Crippen LogP) is 2.61. The molecule has 0 aliphatic heterocycles. The third kappa shape index (κ3) is 2.49. The van der Waals surface area contributed by atoms with E-state index in [2.05, 4.69) is 5.32 Å². The highest BCUT2D eigenvalue weighted by atomic mass is 16.5. The van der Waals surface area contributed by atoms with E-state index in [1.807, 2.05) is 31.3 Å². The molecule has 0 spiro atoms. The van der Waals surface area contributed by atoms with E-state index in [0.717, 1.165) is 22.6 Å². The maximum atomic E-state index is 5.28. The van der Waals surface area contributed by atoms with E-state index in [-0.39, 0.29) is 6.04 Å². The van der Waals surface area contributed by atoms with Crippen molar-refractivity contribution in [3.8, 4) is 11.5 Å². The zero-order valence-corrected chi connectivity index (χ0v) is 10.8. The Bertz CT molecular complexity index is 471. The van der Waals surface area contributed by atoms with Crippen LogP contribution in [0.2, 0.25) is 0 Å². The summed E-state index contributed by atoms with van der Waals surface area (Å²) in [6.45, 7) is 0. The van der Waals surface area contributed by atoms with Crippen molar-refractivity contribution < 1.29 is 13.9 Å². The molecule has 0 saturated carbocycles. The van der Waals surface area contributed by atoms with Crippen molar-refractivity contribution in [1.82, 2.24) is 5.32 Å². The van der Waals surface area contributed by atoms with Gasteiger partial charge in [0.1, 0.15) is 11.5 Å². The third-order valence-electron chi connectivity index (χ3n) is 2.87. The lowest BCUT2D eigenvalue weighted by Crippen LogP contribution is -2.17. The maximum absolute atomic E-state index is 5.28. The molecule has 0 bridgehead atoms. The van der Waals surface area contributed by atoms with Gasteiger partial charge in [-0.15, -0.1) is 0 Å². The van der Waals surface area contributed by atoms with Gasteiger partial charge in [0.25, 0.3) is 0 Å². The number of nitrogens with one attached hydrogen (secondary N) is 1. The molecular formula is C14H17NO3. The SMILES string of the molecule is CNC(c1ccoc1)c1cc(OC)cc(OC)c1. The van der Waals surface area contributed by atoms with Crippen LogP contribution in [0, 0.1) is 0 Å². The Morgan fingerprint density at radius 1 is 1.06 bits per heavy atom. The molecule has 0 aliphatic rings. The second-order valence-corrected chi connectivity index (χ2v) is 3.92. The van der Waals surface area contributed by atoms with Crippen molar-refractivity contribution in [3.05, 3.63) is 47.9 Å². The minimum atomic E-state index is 0.0488. The van der Waals surface area contributed by atoms with Gasteiger partial charge in [0.2, 0.25) is 0 Å². The first-order valence-electron chi connectivity index (χ1n) is 5.70. The van der Waals surface area contributed by atoms with E-state index in [9.17, 15) is 0 Å². The number of furan rings is 1. The summed E-state index contributed by atoms with van der Waals surface area (Å²) in [5, 5.41) is 3.25. The van der Waals surface area contributed by atoms with E-state index < -0.39 is 0 Å². The Balaban J connectivity index is 2.41. The molecule has 96 valence electrons. The number of hydrogen-bond donors (Lipinski definition) is 1. The second kappa shape index (κ2) is 5.60. The molecule has 1 aromatic heterocycles. The lowest BCUT2D eigenvalue weighted by Gasteiger charge is -2.17. The van der Waals surface area contributed by atoms with Crippen molar-refractivity contribution in [3.63, 3.8) is 0 Å². The molecule has 1 atom stereocenters. The van der Waals surface area contributed by atoms with E-state index in [1.54, 1.807) is 26.7 Å². The molecule has 4 nitrogen and oxygen atoms in total. The molecule has 0 amide bonds. The van der Waals surface area contributed by atoms with Gasteiger partial charge in [-0.25, -0.2) is 0 Å². The smallest absolute Gasteiger partial charge is 0.122 e. The molecule has 18 heavy (non-hydrogen) atoms. The monoisotopic (exact) mass is 247 g/mol. The van der Waals surface area contributed by atoms with Crippen LogP contribution >= 0.6 is 0 Å². The Morgan fingerprint density at radius 2 is 1.72 bits per heavy atom. The highest BCUT2D eigenvalue weighted by Gasteiger charge is 2.15. The summed E-state index contributed by atoms with van der Waals surface area (Å²) in [6.07, 6.45) is 3.39. The van der Waals surface area contributed by atoms with E-state index in [4.69, 9.17) is 13.9 Å². The summed E-state index contributed by atoms with van der Waals surface area (Å²) in [7, 11) is 5.19. The van der Waals surface area contributed by atoms with Gasteiger partial charge >= 0.3 is 0 Å². The predicted molar refractivity (Wildman–Crippen MR) is 69.2 cm³/mol. The average Bonchev–Trinajstić information content (AvgIpc) is 2.93. The van der Waals surface area contributed by atoms with Crippen LogP contribution in [0.3, 0.4) is 0 Å². The van der Waals surface area contributed by atoms with Gasteiger partial charge in [-0.3, -0.25) is 0 Å². The van der Waals surface area contributed by atoms with Gasteiger partial charge in [-0.1, -0.05) is 0 Å². The van der Waals surface area contributed by atoms with Crippen molar-refractivity contribution in [1.29, 1.82) is 0 Å². The normalized spacial score (nSPS) is 12.2. The Hall–Kier alpha value is -1.94. The molecular weight excluding hydrogens is 230 g/mol. The van der Waals surface area contributed by atoms with Crippen LogP contribution in [0.1, 0.15) is 17.2 Å². The summed E-state index contributed by atoms with van der Waals surface area (Å²) in [4.78, 5) is 0. The molecule has 1 heterocycles. The summed E-state index contributed by atoms with van der Waals surface area (Å²) < 4.78 is 15.7. The minimum Gasteiger partial charge on any atom is -0.497 e. The molecule has 0 aliphatic carbocycles. The van der Waals surface area contributed by atoms with Crippen molar-refractivity contribution >= 4 is 0 Å². The van der Waals surface area contributed by atoms with Gasteiger partial charge in [0.05, 0.1) is 32.8 Å². The van der Waals surface area contributed by atoms with Gasteiger partial charge < -0.3 is 19.2 Å². The standard InChI is InChI=1S/C14H17NO3/c1-15-14(10-4-5-18-9-10)11-6-12(16-2)8-13(7-11)17-3/h4-9,14-15H,1-3H3. The van der Waals surface area contributed by atoms with Gasteiger partial charge in [0.15, 0.2) is 0 Å². The van der Waals surface area contributed by atoms with E-state index in [0.29, 0.717) is 0 Å². The van der Waals surface area contributed by atoms with Crippen LogP contribution in [-0.4, -0.2) is 21.3 Å². The Labute approximate surface area is 107 Å². The van der Waals surface area contributed by atoms with Crippen LogP contribution in [0.25, 0.3) is 0 Å². The zero-order chi connectivity index (χ0) is 13.0. The summed E-state index contributed by atoms with van der Waals surface area (Å²) >= 11 is 0. The fourth-order valence-electron chi connectivity index (χ4n) is 1.96. The van der Waals surface area contributed by atoms with Crippen LogP contribution in [0.15, 0.2) is 41.2 Å². The Morgan fingerprint density at radius 3 is 2.17 bits per heavy atom. The highest BCUT2D eigenvalue weighted by Crippen LogP contribution is 2.29. The van der Waals surface area contributed by atoms with Crippen LogP contribution in [0.4, 0.5) is 0 Å². The van der Waals surface area contributed by atoms with Crippen LogP contribution in [0.5, 0.6) is 11.5 Å². The number of ether oxygens (including phenoxy) is 2.